The van der Waals surface area contributed by atoms with E-state index < -0.39 is 11.5 Å². The van der Waals surface area contributed by atoms with E-state index in [1.807, 2.05) is 31.7 Å². The largest absolute Gasteiger partial charge is 0.379 e. The summed E-state index contributed by atoms with van der Waals surface area (Å²) in [4.78, 5) is 49.2. The fourth-order valence-electron chi connectivity index (χ4n) is 4.77. The highest BCUT2D eigenvalue weighted by Gasteiger charge is 2.42. The van der Waals surface area contributed by atoms with Crippen LogP contribution in [-0.4, -0.2) is 77.5 Å². The van der Waals surface area contributed by atoms with Gasteiger partial charge in [0, 0.05) is 50.1 Å². The molecule has 2 aliphatic rings. The summed E-state index contributed by atoms with van der Waals surface area (Å²) in [5.41, 5.74) is 1.19. The molecular weight excluding hydrogens is 448 g/mol. The number of carbonyl (C=O) groups excluding carboxylic acids is 3. The van der Waals surface area contributed by atoms with Crippen LogP contribution < -0.4 is 16.0 Å². The van der Waals surface area contributed by atoms with Crippen molar-refractivity contribution < 1.29 is 19.1 Å². The molecule has 0 unspecified atom stereocenters. The molecule has 3 heterocycles. The third-order valence-corrected chi connectivity index (χ3v) is 6.85. The molecule has 2 fully saturated rings. The van der Waals surface area contributed by atoms with E-state index in [9.17, 15) is 14.4 Å². The average molecular weight is 489 g/mol. The second-order valence-corrected chi connectivity index (χ2v) is 9.95. The Labute approximate surface area is 208 Å². The van der Waals surface area contributed by atoms with Crippen LogP contribution in [0.2, 0.25) is 0 Å². The molecule has 10 heteroatoms. The first-order valence-corrected chi connectivity index (χ1v) is 12.7. The smallest absolute Gasteiger partial charge is 0.242 e. The average Bonchev–Trinajstić information content (AvgIpc) is 2.80. The molecule has 0 radical (unpaired) electrons. The standard InChI is InChI=1S/C25H40N6O4/c1-17-15-18(2)29-24(28-17)26-11-7-21(32)31-12-9-25(10-13-31)8-5-6-14-35-16-19(3)27-22(33)20(4)30-23(25)34/h15,19-20H,5-14,16H2,1-4H3,(H,27,33)(H,30,34)(H,26,28,29)/t19-,20-/m0/s1. The van der Waals surface area contributed by atoms with Gasteiger partial charge in [-0.15, -0.1) is 0 Å². The minimum Gasteiger partial charge on any atom is -0.379 e. The first-order valence-electron chi connectivity index (χ1n) is 12.7. The fourth-order valence-corrected chi connectivity index (χ4v) is 4.77. The van der Waals surface area contributed by atoms with Crippen molar-refractivity contribution in [1.29, 1.82) is 0 Å². The van der Waals surface area contributed by atoms with Gasteiger partial charge in [0.25, 0.3) is 0 Å². The van der Waals surface area contributed by atoms with Crippen LogP contribution in [0.15, 0.2) is 6.07 Å². The summed E-state index contributed by atoms with van der Waals surface area (Å²) in [6.07, 6.45) is 3.96. The van der Waals surface area contributed by atoms with E-state index in [1.165, 1.54) is 0 Å². The molecule has 1 spiro atoms. The van der Waals surface area contributed by atoms with Crippen molar-refractivity contribution in [1.82, 2.24) is 25.5 Å². The molecule has 2 saturated heterocycles. The highest BCUT2D eigenvalue weighted by Crippen LogP contribution is 2.37. The molecule has 194 valence electrons. The highest BCUT2D eigenvalue weighted by atomic mass is 16.5. The van der Waals surface area contributed by atoms with Crippen molar-refractivity contribution in [2.24, 2.45) is 5.41 Å². The summed E-state index contributed by atoms with van der Waals surface area (Å²) >= 11 is 0. The predicted molar refractivity (Wildman–Crippen MR) is 133 cm³/mol. The van der Waals surface area contributed by atoms with Crippen LogP contribution in [0.1, 0.15) is 63.8 Å². The van der Waals surface area contributed by atoms with E-state index in [2.05, 4.69) is 25.9 Å². The summed E-state index contributed by atoms with van der Waals surface area (Å²) in [6, 6.07) is 1.17. The third-order valence-electron chi connectivity index (χ3n) is 6.85. The van der Waals surface area contributed by atoms with E-state index in [-0.39, 0.29) is 23.8 Å². The van der Waals surface area contributed by atoms with E-state index in [4.69, 9.17) is 4.74 Å². The molecule has 35 heavy (non-hydrogen) atoms. The van der Waals surface area contributed by atoms with Crippen LogP contribution in [-0.2, 0) is 19.1 Å². The lowest BCUT2D eigenvalue weighted by Gasteiger charge is -2.41. The topological polar surface area (TPSA) is 126 Å². The Hall–Kier alpha value is -2.75. The first kappa shape index (κ1) is 26.8. The molecule has 0 bridgehead atoms. The maximum Gasteiger partial charge on any atom is 0.242 e. The maximum absolute atomic E-state index is 13.3. The van der Waals surface area contributed by atoms with E-state index >= 15 is 0 Å². The first-order chi connectivity index (χ1) is 16.7. The lowest BCUT2D eigenvalue weighted by atomic mass is 9.73. The van der Waals surface area contributed by atoms with Gasteiger partial charge in [-0.25, -0.2) is 9.97 Å². The Balaban J connectivity index is 1.55. The summed E-state index contributed by atoms with van der Waals surface area (Å²) in [5, 5.41) is 8.96. The molecule has 2 aliphatic heterocycles. The van der Waals surface area contributed by atoms with Crippen molar-refractivity contribution >= 4 is 23.7 Å². The van der Waals surface area contributed by atoms with Crippen LogP contribution in [0.3, 0.4) is 0 Å². The molecular formula is C25H40N6O4. The molecule has 10 nitrogen and oxygen atoms in total. The van der Waals surface area contributed by atoms with Crippen molar-refractivity contribution in [2.75, 3.05) is 38.2 Å². The number of ether oxygens (including phenoxy) is 1. The number of likely N-dealkylation sites (tertiary alicyclic amines) is 1. The van der Waals surface area contributed by atoms with Crippen LogP contribution in [0.5, 0.6) is 0 Å². The minimum absolute atomic E-state index is 0.0527. The number of anilines is 1. The third kappa shape index (κ3) is 7.62. The number of hydrogen-bond donors (Lipinski definition) is 3. The zero-order chi connectivity index (χ0) is 25.4. The van der Waals surface area contributed by atoms with Gasteiger partial charge in [-0.2, -0.15) is 0 Å². The summed E-state index contributed by atoms with van der Waals surface area (Å²) in [5.74, 6) is 0.285. The van der Waals surface area contributed by atoms with Gasteiger partial charge in [-0.3, -0.25) is 14.4 Å². The van der Waals surface area contributed by atoms with Gasteiger partial charge < -0.3 is 25.6 Å². The number of aryl methyl sites for hydroxylation is 2. The summed E-state index contributed by atoms with van der Waals surface area (Å²) < 4.78 is 5.69. The van der Waals surface area contributed by atoms with E-state index in [1.54, 1.807) is 6.92 Å². The van der Waals surface area contributed by atoms with E-state index in [0.717, 1.165) is 30.7 Å². The minimum atomic E-state index is -0.624. The summed E-state index contributed by atoms with van der Waals surface area (Å²) in [7, 11) is 0. The van der Waals surface area contributed by atoms with Crippen molar-refractivity contribution in [2.45, 2.75) is 78.3 Å². The molecule has 3 N–H and O–H groups in total. The quantitative estimate of drug-likeness (QED) is 0.589. The number of piperidine rings is 1. The lowest BCUT2D eigenvalue weighted by Crippen LogP contribution is -2.55. The van der Waals surface area contributed by atoms with Gasteiger partial charge in [0.2, 0.25) is 23.7 Å². The maximum atomic E-state index is 13.3. The van der Waals surface area contributed by atoms with Crippen LogP contribution in [0.25, 0.3) is 0 Å². The van der Waals surface area contributed by atoms with Gasteiger partial charge in [-0.05, 0) is 59.4 Å². The van der Waals surface area contributed by atoms with Crippen LogP contribution in [0.4, 0.5) is 5.95 Å². The van der Waals surface area contributed by atoms with Gasteiger partial charge >= 0.3 is 0 Å². The second-order valence-electron chi connectivity index (χ2n) is 9.95. The molecule has 3 amide bonds. The zero-order valence-corrected chi connectivity index (χ0v) is 21.5. The van der Waals surface area contributed by atoms with E-state index in [0.29, 0.717) is 58.1 Å². The molecule has 0 aliphatic carbocycles. The van der Waals surface area contributed by atoms with Gasteiger partial charge in [0.15, 0.2) is 0 Å². The highest BCUT2D eigenvalue weighted by molar-refractivity contribution is 5.90. The van der Waals surface area contributed by atoms with Crippen LogP contribution >= 0.6 is 0 Å². The fraction of sp³-hybridized carbons (Fsp3) is 0.720. The Morgan fingerprint density at radius 3 is 2.49 bits per heavy atom. The number of hydrogen-bond acceptors (Lipinski definition) is 7. The van der Waals surface area contributed by atoms with Crippen molar-refractivity contribution in [3.8, 4) is 0 Å². The number of rotatable bonds is 4. The Bertz CT molecular complexity index is 880. The predicted octanol–water partition coefficient (Wildman–Crippen LogP) is 1.71. The van der Waals surface area contributed by atoms with Gasteiger partial charge in [0.1, 0.15) is 6.04 Å². The number of carbonyl (C=O) groups is 3. The molecule has 0 aromatic carbocycles. The Morgan fingerprint density at radius 2 is 1.80 bits per heavy atom. The molecule has 1 aromatic rings. The number of nitrogens with one attached hydrogen (secondary N) is 3. The number of amides is 3. The second kappa shape index (κ2) is 12.3. The van der Waals surface area contributed by atoms with Gasteiger partial charge in [-0.1, -0.05) is 6.42 Å². The van der Waals surface area contributed by atoms with Crippen molar-refractivity contribution in [3.63, 3.8) is 0 Å². The summed E-state index contributed by atoms with van der Waals surface area (Å²) in [6.45, 7) is 10.00. The number of aromatic nitrogens is 2. The Kier molecular flexibility index (Phi) is 9.42. The monoisotopic (exact) mass is 488 g/mol. The molecule has 3 rings (SSSR count). The Morgan fingerprint density at radius 1 is 1.11 bits per heavy atom. The SMILES string of the molecule is Cc1cc(C)nc(NCCC(=O)N2CCC3(CCCCOC[C@H](C)NC(=O)[C@H](C)NC3=O)CC2)n1. The molecule has 2 atom stereocenters. The normalized spacial score (nSPS) is 23.9. The van der Waals surface area contributed by atoms with Crippen LogP contribution in [0, 0.1) is 19.3 Å². The zero-order valence-electron chi connectivity index (χ0n) is 21.5. The molecule has 0 saturated carbocycles. The number of nitrogens with zero attached hydrogens (tertiary/aromatic N) is 3. The lowest BCUT2D eigenvalue weighted by molar-refractivity contribution is -0.142. The molecule has 1 aromatic heterocycles. The van der Waals surface area contributed by atoms with Gasteiger partial charge in [0.05, 0.1) is 12.0 Å². The van der Waals surface area contributed by atoms with Crippen molar-refractivity contribution in [3.05, 3.63) is 17.5 Å².